The van der Waals surface area contributed by atoms with Gasteiger partial charge in [0.15, 0.2) is 5.69 Å². The van der Waals surface area contributed by atoms with Gasteiger partial charge in [0.1, 0.15) is 0 Å². The lowest BCUT2D eigenvalue weighted by atomic mass is 10.0. The van der Waals surface area contributed by atoms with E-state index in [1.165, 1.54) is 15.8 Å². The third-order valence-corrected chi connectivity index (χ3v) is 6.09. The maximum atomic E-state index is 13.1. The number of amides is 1. The molecule has 0 saturated carbocycles. The number of nitrogens with one attached hydrogen (secondary N) is 1. The molecule has 1 saturated heterocycles. The Kier molecular flexibility index (Phi) is 6.70. The Labute approximate surface area is 189 Å². The van der Waals surface area contributed by atoms with Crippen LogP contribution >= 0.6 is 0 Å². The van der Waals surface area contributed by atoms with Crippen molar-refractivity contribution in [3.63, 3.8) is 0 Å². The van der Waals surface area contributed by atoms with Crippen LogP contribution in [0.3, 0.4) is 0 Å². The molecule has 1 amide bonds. The van der Waals surface area contributed by atoms with Gasteiger partial charge in [0.25, 0.3) is 11.5 Å². The smallest absolute Gasteiger partial charge is 0.274 e. The molecule has 6 heteroatoms. The monoisotopic (exact) mass is 432 g/mol. The molecule has 0 aliphatic carbocycles. The molecule has 2 aromatic carbocycles. The van der Waals surface area contributed by atoms with E-state index < -0.39 is 0 Å². The first-order chi connectivity index (χ1) is 15.4. The van der Waals surface area contributed by atoms with E-state index in [1.807, 2.05) is 6.07 Å². The molecule has 1 fully saturated rings. The number of hydrogen-bond donors (Lipinski definition) is 1. The molecule has 1 aliphatic heterocycles. The van der Waals surface area contributed by atoms with Crippen LogP contribution in [-0.2, 0) is 20.0 Å². The summed E-state index contributed by atoms with van der Waals surface area (Å²) in [4.78, 5) is 27.8. The van der Waals surface area contributed by atoms with E-state index in [1.54, 1.807) is 25.2 Å². The van der Waals surface area contributed by atoms with Gasteiger partial charge in [-0.2, -0.15) is 5.10 Å². The van der Waals surface area contributed by atoms with Crippen LogP contribution in [0.15, 0.2) is 53.3 Å². The average Bonchev–Trinajstić information content (AvgIpc) is 2.77. The summed E-state index contributed by atoms with van der Waals surface area (Å²) in [6, 6.07) is 16.1. The standard InChI is InChI=1S/C26H32N4O2/c1-18(2)15-19-10-12-20(13-11-19)16-30-14-6-7-21(17-30)27-25(31)24-22-8-4-5-9-23(22)26(32)29(3)28-24/h4-5,8-13,18,21H,6-7,14-17H2,1-3H3,(H,27,31)/t21-/m0/s1. The molecule has 1 N–H and O–H groups in total. The van der Waals surface area contributed by atoms with Crippen LogP contribution in [0.5, 0.6) is 0 Å². The Morgan fingerprint density at radius 1 is 1.09 bits per heavy atom. The first-order valence-corrected chi connectivity index (χ1v) is 11.5. The van der Waals surface area contributed by atoms with E-state index >= 15 is 0 Å². The Morgan fingerprint density at radius 3 is 2.50 bits per heavy atom. The van der Waals surface area contributed by atoms with Crippen molar-refractivity contribution in [2.24, 2.45) is 13.0 Å². The number of aryl methyl sites for hydroxylation is 1. The van der Waals surface area contributed by atoms with Gasteiger partial charge in [-0.1, -0.05) is 56.3 Å². The van der Waals surface area contributed by atoms with Crippen molar-refractivity contribution in [1.82, 2.24) is 20.0 Å². The zero-order chi connectivity index (χ0) is 22.7. The highest BCUT2D eigenvalue weighted by molar-refractivity contribution is 6.04. The van der Waals surface area contributed by atoms with Crippen molar-refractivity contribution in [2.45, 2.75) is 45.7 Å². The summed E-state index contributed by atoms with van der Waals surface area (Å²) in [5, 5.41) is 8.54. The van der Waals surface area contributed by atoms with Crippen LogP contribution < -0.4 is 10.9 Å². The number of fused-ring (bicyclic) bond motifs is 1. The third-order valence-electron chi connectivity index (χ3n) is 6.09. The van der Waals surface area contributed by atoms with E-state index in [0.29, 0.717) is 22.4 Å². The second-order valence-corrected chi connectivity index (χ2v) is 9.29. The molecule has 32 heavy (non-hydrogen) atoms. The van der Waals surface area contributed by atoms with Gasteiger partial charge in [0.05, 0.1) is 5.39 Å². The molecule has 0 spiro atoms. The molecular formula is C26H32N4O2. The lowest BCUT2D eigenvalue weighted by Crippen LogP contribution is -2.47. The minimum absolute atomic E-state index is 0.0641. The zero-order valence-electron chi connectivity index (χ0n) is 19.2. The van der Waals surface area contributed by atoms with E-state index in [4.69, 9.17) is 0 Å². The zero-order valence-corrected chi connectivity index (χ0v) is 19.2. The molecule has 0 bridgehead atoms. The van der Waals surface area contributed by atoms with Gasteiger partial charge >= 0.3 is 0 Å². The summed E-state index contributed by atoms with van der Waals surface area (Å²) in [7, 11) is 1.58. The van der Waals surface area contributed by atoms with Crippen molar-refractivity contribution in [1.29, 1.82) is 0 Å². The van der Waals surface area contributed by atoms with Crippen LogP contribution in [0.1, 0.15) is 48.3 Å². The molecule has 3 aromatic rings. The number of aromatic nitrogens is 2. The molecular weight excluding hydrogens is 400 g/mol. The molecule has 6 nitrogen and oxygen atoms in total. The largest absolute Gasteiger partial charge is 0.347 e. The van der Waals surface area contributed by atoms with Crippen molar-refractivity contribution < 1.29 is 4.79 Å². The van der Waals surface area contributed by atoms with E-state index in [2.05, 4.69) is 53.4 Å². The number of nitrogens with zero attached hydrogens (tertiary/aromatic N) is 3. The maximum absolute atomic E-state index is 13.1. The van der Waals surface area contributed by atoms with Crippen molar-refractivity contribution in [3.8, 4) is 0 Å². The summed E-state index contributed by atoms with van der Waals surface area (Å²) in [6.07, 6.45) is 3.09. The van der Waals surface area contributed by atoms with E-state index in [0.717, 1.165) is 38.9 Å². The molecule has 168 valence electrons. The Morgan fingerprint density at radius 2 is 1.78 bits per heavy atom. The fraction of sp³-hybridized carbons (Fsp3) is 0.423. The third kappa shape index (κ3) is 5.07. The molecule has 0 radical (unpaired) electrons. The summed E-state index contributed by atoms with van der Waals surface area (Å²) < 4.78 is 1.24. The fourth-order valence-electron chi connectivity index (χ4n) is 4.55. The summed E-state index contributed by atoms with van der Waals surface area (Å²) in [6.45, 7) is 7.20. The number of rotatable bonds is 6. The molecule has 4 rings (SSSR count). The predicted molar refractivity (Wildman–Crippen MR) is 128 cm³/mol. The minimum atomic E-state index is -0.221. The van der Waals surface area contributed by atoms with Gasteiger partial charge in [-0.15, -0.1) is 0 Å². The minimum Gasteiger partial charge on any atom is -0.347 e. The molecule has 2 heterocycles. The molecule has 1 aromatic heterocycles. The maximum Gasteiger partial charge on any atom is 0.274 e. The van der Waals surface area contributed by atoms with Crippen molar-refractivity contribution in [2.75, 3.05) is 13.1 Å². The number of likely N-dealkylation sites (tertiary alicyclic amines) is 1. The van der Waals surface area contributed by atoms with Gasteiger partial charge in [0, 0.05) is 31.6 Å². The SMILES string of the molecule is CC(C)Cc1ccc(CN2CCC[C@H](NC(=O)c3nn(C)c(=O)c4ccccc34)C2)cc1. The Hall–Kier alpha value is -2.99. The highest BCUT2D eigenvalue weighted by Gasteiger charge is 2.24. The Balaban J connectivity index is 1.42. The van der Waals surface area contributed by atoms with Crippen LogP contribution in [0, 0.1) is 5.92 Å². The van der Waals surface area contributed by atoms with E-state index in [-0.39, 0.29) is 17.5 Å². The second-order valence-electron chi connectivity index (χ2n) is 9.29. The summed E-state index contributed by atoms with van der Waals surface area (Å²) >= 11 is 0. The lowest BCUT2D eigenvalue weighted by molar-refractivity contribution is 0.0895. The van der Waals surface area contributed by atoms with Gasteiger partial charge in [-0.25, -0.2) is 4.68 Å². The summed E-state index contributed by atoms with van der Waals surface area (Å²) in [5.74, 6) is 0.438. The number of benzene rings is 2. The number of piperidine rings is 1. The van der Waals surface area contributed by atoms with Crippen molar-refractivity contribution in [3.05, 3.63) is 75.7 Å². The van der Waals surface area contributed by atoms with Gasteiger partial charge in [-0.3, -0.25) is 14.5 Å². The quantitative estimate of drug-likeness (QED) is 0.647. The van der Waals surface area contributed by atoms with Gasteiger partial charge < -0.3 is 5.32 Å². The molecule has 1 aliphatic rings. The van der Waals surface area contributed by atoms with Crippen molar-refractivity contribution >= 4 is 16.7 Å². The topological polar surface area (TPSA) is 67.2 Å². The Bertz CT molecular complexity index is 1150. The molecule has 0 unspecified atom stereocenters. The first-order valence-electron chi connectivity index (χ1n) is 11.5. The van der Waals surface area contributed by atoms with Crippen LogP contribution in [0.25, 0.3) is 10.8 Å². The first kappa shape index (κ1) is 22.2. The second kappa shape index (κ2) is 9.65. The van der Waals surface area contributed by atoms with Gasteiger partial charge in [-0.05, 0) is 48.9 Å². The van der Waals surface area contributed by atoms with Crippen LogP contribution in [0.4, 0.5) is 0 Å². The lowest BCUT2D eigenvalue weighted by Gasteiger charge is -2.33. The summed E-state index contributed by atoms with van der Waals surface area (Å²) in [5.41, 5.74) is 2.79. The molecule has 1 atom stereocenters. The number of carbonyl (C=O) groups is 1. The highest BCUT2D eigenvalue weighted by Crippen LogP contribution is 2.17. The fourth-order valence-corrected chi connectivity index (χ4v) is 4.55. The predicted octanol–water partition coefficient (Wildman–Crippen LogP) is 3.53. The number of hydrogen-bond acceptors (Lipinski definition) is 4. The van der Waals surface area contributed by atoms with Gasteiger partial charge in [0.2, 0.25) is 0 Å². The van der Waals surface area contributed by atoms with Crippen LogP contribution in [-0.4, -0.2) is 39.7 Å². The van der Waals surface area contributed by atoms with Crippen LogP contribution in [0.2, 0.25) is 0 Å². The average molecular weight is 433 g/mol. The normalized spacial score (nSPS) is 17.1. The highest BCUT2D eigenvalue weighted by atomic mass is 16.2. The number of carbonyl (C=O) groups excluding carboxylic acids is 1. The van der Waals surface area contributed by atoms with E-state index in [9.17, 15) is 9.59 Å².